The number of halogens is 2. The molecule has 0 aromatic heterocycles. The zero-order valence-corrected chi connectivity index (χ0v) is 18.9. The smallest absolute Gasteiger partial charge is 0.311 e. The molecule has 1 atom stereocenters. The molecule has 0 radical (unpaired) electrons. The number of amides is 3. The minimum Gasteiger partial charge on any atom is -0.455 e. The average Bonchev–Trinajstić information content (AvgIpc) is 3.05. The van der Waals surface area contributed by atoms with Crippen LogP contribution in [0.5, 0.6) is 0 Å². The summed E-state index contributed by atoms with van der Waals surface area (Å²) >= 11 is 11.8. The van der Waals surface area contributed by atoms with E-state index in [4.69, 9.17) is 27.9 Å². The van der Waals surface area contributed by atoms with Crippen LogP contribution in [0.15, 0.2) is 36.4 Å². The molecule has 0 spiro atoms. The summed E-state index contributed by atoms with van der Waals surface area (Å²) in [5, 5.41) is 4.21. The van der Waals surface area contributed by atoms with Crippen LogP contribution in [0.3, 0.4) is 0 Å². The van der Waals surface area contributed by atoms with Crippen LogP contribution in [0.4, 0.5) is 5.69 Å². The maximum atomic E-state index is 12.4. The number of nitrogens with zero attached hydrogens (tertiary/aromatic N) is 1. The van der Waals surface area contributed by atoms with Gasteiger partial charge in [-0.05, 0) is 55.3 Å². The Bertz CT molecular complexity index is 1070. The summed E-state index contributed by atoms with van der Waals surface area (Å²) in [4.78, 5) is 49.0. The van der Waals surface area contributed by atoms with Gasteiger partial charge < -0.3 is 10.1 Å². The van der Waals surface area contributed by atoms with Crippen molar-refractivity contribution < 1.29 is 23.9 Å². The molecule has 1 fully saturated rings. The van der Waals surface area contributed by atoms with Crippen molar-refractivity contribution in [3.63, 3.8) is 0 Å². The van der Waals surface area contributed by atoms with Gasteiger partial charge in [0.15, 0.2) is 6.61 Å². The summed E-state index contributed by atoms with van der Waals surface area (Å²) < 4.78 is 5.06. The van der Waals surface area contributed by atoms with Gasteiger partial charge in [-0.15, -0.1) is 0 Å². The molecule has 2 aromatic rings. The van der Waals surface area contributed by atoms with Gasteiger partial charge >= 0.3 is 5.97 Å². The quantitative estimate of drug-likeness (QED) is 0.621. The Hall–Kier alpha value is -3.10. The average molecular weight is 478 g/mol. The predicted octanol–water partition coefficient (Wildman–Crippen LogP) is 3.29. The highest BCUT2D eigenvalue weighted by atomic mass is 35.5. The second kappa shape index (κ2) is 10.0. The van der Waals surface area contributed by atoms with E-state index in [1.807, 2.05) is 19.9 Å². The van der Waals surface area contributed by atoms with Crippen molar-refractivity contribution in [3.05, 3.63) is 63.1 Å². The van der Waals surface area contributed by atoms with E-state index >= 15 is 0 Å². The Morgan fingerprint density at radius 2 is 1.78 bits per heavy atom. The third-order valence-electron chi connectivity index (χ3n) is 4.72. The van der Waals surface area contributed by atoms with E-state index in [0.29, 0.717) is 10.7 Å². The van der Waals surface area contributed by atoms with Gasteiger partial charge in [-0.3, -0.25) is 29.6 Å². The van der Waals surface area contributed by atoms with Crippen molar-refractivity contribution in [1.29, 1.82) is 0 Å². The normalized spacial score (nSPS) is 15.4. The first-order chi connectivity index (χ1) is 15.1. The molecular formula is C22H21Cl2N3O5. The van der Waals surface area contributed by atoms with Crippen molar-refractivity contribution >= 4 is 52.6 Å². The van der Waals surface area contributed by atoms with Gasteiger partial charge in [0.25, 0.3) is 11.8 Å². The van der Waals surface area contributed by atoms with Gasteiger partial charge in [-0.1, -0.05) is 29.3 Å². The van der Waals surface area contributed by atoms with Crippen molar-refractivity contribution in [2.45, 2.75) is 20.3 Å². The summed E-state index contributed by atoms with van der Waals surface area (Å²) in [5.74, 6) is -3.06. The number of rotatable bonds is 6. The van der Waals surface area contributed by atoms with E-state index in [-0.39, 0.29) is 23.6 Å². The number of hydrogen-bond donors (Lipinski definition) is 2. The molecule has 2 aromatic carbocycles. The van der Waals surface area contributed by atoms with E-state index < -0.39 is 36.2 Å². The van der Waals surface area contributed by atoms with Crippen molar-refractivity contribution in [2.24, 2.45) is 5.92 Å². The molecule has 1 aliphatic heterocycles. The van der Waals surface area contributed by atoms with Gasteiger partial charge in [0, 0.05) is 17.1 Å². The lowest BCUT2D eigenvalue weighted by molar-refractivity contribution is -0.151. The van der Waals surface area contributed by atoms with Gasteiger partial charge in [0.2, 0.25) is 5.91 Å². The van der Waals surface area contributed by atoms with Crippen LogP contribution in [0.25, 0.3) is 0 Å². The van der Waals surface area contributed by atoms with Crippen LogP contribution in [0, 0.1) is 19.8 Å². The fourth-order valence-corrected chi connectivity index (χ4v) is 3.82. The fourth-order valence-electron chi connectivity index (χ4n) is 3.33. The monoisotopic (exact) mass is 477 g/mol. The Kier molecular flexibility index (Phi) is 7.37. The zero-order valence-electron chi connectivity index (χ0n) is 17.4. The second-order valence-corrected chi connectivity index (χ2v) is 8.35. The first-order valence-corrected chi connectivity index (χ1v) is 10.5. The number of hydrogen-bond acceptors (Lipinski definition) is 5. The molecule has 168 valence electrons. The molecule has 1 aliphatic rings. The molecule has 0 unspecified atom stereocenters. The lowest BCUT2D eigenvalue weighted by Gasteiger charge is -2.18. The van der Waals surface area contributed by atoms with Crippen molar-refractivity contribution in [2.75, 3.05) is 18.5 Å². The minimum atomic E-state index is -0.808. The highest BCUT2D eigenvalue weighted by molar-refractivity contribution is 6.36. The van der Waals surface area contributed by atoms with Gasteiger partial charge in [0.05, 0.1) is 23.0 Å². The number of carbonyl (C=O) groups excluding carboxylic acids is 4. The molecule has 10 heteroatoms. The van der Waals surface area contributed by atoms with E-state index in [1.165, 1.54) is 18.2 Å². The maximum absolute atomic E-state index is 12.4. The minimum absolute atomic E-state index is 0.0761. The Morgan fingerprint density at radius 1 is 1.09 bits per heavy atom. The second-order valence-electron chi connectivity index (χ2n) is 7.50. The molecule has 8 nitrogen and oxygen atoms in total. The summed E-state index contributed by atoms with van der Waals surface area (Å²) in [6, 6.07) is 9.91. The van der Waals surface area contributed by atoms with E-state index in [9.17, 15) is 19.2 Å². The van der Waals surface area contributed by atoms with E-state index in [2.05, 4.69) is 10.7 Å². The summed E-state index contributed by atoms with van der Waals surface area (Å²) in [5.41, 5.74) is 5.15. The maximum Gasteiger partial charge on any atom is 0.311 e. The van der Waals surface area contributed by atoms with Crippen LogP contribution < -0.4 is 10.7 Å². The lowest BCUT2D eigenvalue weighted by Crippen LogP contribution is -2.43. The molecule has 0 bridgehead atoms. The molecule has 1 heterocycles. The number of aryl methyl sites for hydroxylation is 2. The summed E-state index contributed by atoms with van der Waals surface area (Å²) in [6.45, 7) is 3.26. The molecule has 3 rings (SSSR count). The van der Waals surface area contributed by atoms with Gasteiger partial charge in [-0.2, -0.15) is 0 Å². The molecule has 0 saturated carbocycles. The number of esters is 1. The third-order valence-corrected chi connectivity index (χ3v) is 5.27. The Balaban J connectivity index is 1.51. The van der Waals surface area contributed by atoms with Gasteiger partial charge in [-0.25, -0.2) is 0 Å². The highest BCUT2D eigenvalue weighted by Gasteiger charge is 2.37. The zero-order chi connectivity index (χ0) is 23.4. The number of benzene rings is 2. The number of carbonyl (C=O) groups is 4. The first-order valence-electron chi connectivity index (χ1n) is 9.73. The molecule has 0 aliphatic carbocycles. The number of nitrogens with one attached hydrogen (secondary N) is 2. The molecule has 2 N–H and O–H groups in total. The third kappa shape index (κ3) is 5.99. The largest absolute Gasteiger partial charge is 0.455 e. The Morgan fingerprint density at radius 3 is 2.44 bits per heavy atom. The standard InChI is InChI=1S/C22H21Cl2N3O5/c1-12-5-13(2)7-16(6-12)25-19(28)11-32-22(31)14-8-20(29)27(10-14)26-21(30)17-4-3-15(23)9-18(17)24/h3-7,9,14H,8,10-11H2,1-2H3,(H,25,28)(H,26,30)/t14-/m1/s1. The number of hydrazine groups is 1. The topological polar surface area (TPSA) is 105 Å². The van der Waals surface area contributed by atoms with Gasteiger partial charge in [0.1, 0.15) is 0 Å². The van der Waals surface area contributed by atoms with Crippen molar-refractivity contribution in [1.82, 2.24) is 10.4 Å². The molecular weight excluding hydrogens is 457 g/mol. The van der Waals surface area contributed by atoms with E-state index in [1.54, 1.807) is 12.1 Å². The molecule has 32 heavy (non-hydrogen) atoms. The van der Waals surface area contributed by atoms with Crippen LogP contribution in [-0.2, 0) is 19.1 Å². The fraction of sp³-hybridized carbons (Fsp3) is 0.273. The lowest BCUT2D eigenvalue weighted by atomic mass is 10.1. The highest BCUT2D eigenvalue weighted by Crippen LogP contribution is 2.22. The van der Waals surface area contributed by atoms with Crippen LogP contribution >= 0.6 is 23.2 Å². The SMILES string of the molecule is Cc1cc(C)cc(NC(=O)COC(=O)[C@@H]2CC(=O)N(NC(=O)c3ccc(Cl)cc3Cl)C2)c1. The number of anilines is 1. The summed E-state index contributed by atoms with van der Waals surface area (Å²) in [7, 11) is 0. The van der Waals surface area contributed by atoms with E-state index in [0.717, 1.165) is 16.1 Å². The number of ether oxygens (including phenoxy) is 1. The first kappa shape index (κ1) is 23.6. The molecule has 1 saturated heterocycles. The van der Waals surface area contributed by atoms with Crippen LogP contribution in [-0.4, -0.2) is 41.9 Å². The Labute approximate surface area is 194 Å². The predicted molar refractivity (Wildman–Crippen MR) is 119 cm³/mol. The molecule has 3 amide bonds. The van der Waals surface area contributed by atoms with Crippen molar-refractivity contribution in [3.8, 4) is 0 Å². The van der Waals surface area contributed by atoms with Crippen LogP contribution in [0.2, 0.25) is 10.0 Å². The summed E-state index contributed by atoms with van der Waals surface area (Å²) in [6.07, 6.45) is -0.147. The van der Waals surface area contributed by atoms with Crippen LogP contribution in [0.1, 0.15) is 27.9 Å².